The van der Waals surface area contributed by atoms with Crippen LogP contribution in [0, 0.1) is 11.7 Å². The van der Waals surface area contributed by atoms with Crippen LogP contribution in [0.25, 0.3) is 0 Å². The number of carbonyl (C=O) groups is 1. The quantitative estimate of drug-likeness (QED) is 0.554. The molecule has 3 aromatic rings. The van der Waals surface area contributed by atoms with Gasteiger partial charge in [-0.15, -0.1) is 0 Å². The number of ether oxygens (including phenoxy) is 1. The molecule has 1 saturated heterocycles. The zero-order valence-electron chi connectivity index (χ0n) is 18.8. The van der Waals surface area contributed by atoms with Gasteiger partial charge in [-0.1, -0.05) is 24.3 Å². The first-order valence-electron chi connectivity index (χ1n) is 11.1. The molecule has 2 N–H and O–H groups in total. The van der Waals surface area contributed by atoms with Gasteiger partial charge in [-0.25, -0.2) is 9.37 Å². The highest BCUT2D eigenvalue weighted by molar-refractivity contribution is 5.80. The highest BCUT2D eigenvalue weighted by atomic mass is 19.1. The summed E-state index contributed by atoms with van der Waals surface area (Å²) in [6.45, 7) is 3.23. The lowest BCUT2D eigenvalue weighted by Gasteiger charge is -2.32. The predicted octanol–water partition coefficient (Wildman–Crippen LogP) is 4.46. The molecular formula is C25H28FN5O2. The first-order chi connectivity index (χ1) is 16.0. The summed E-state index contributed by atoms with van der Waals surface area (Å²) < 4.78 is 18.6. The van der Waals surface area contributed by atoms with E-state index in [1.807, 2.05) is 36.1 Å². The van der Waals surface area contributed by atoms with Gasteiger partial charge in [-0.3, -0.25) is 4.79 Å². The van der Waals surface area contributed by atoms with Crippen LogP contribution < -0.4 is 20.3 Å². The Morgan fingerprint density at radius 2 is 1.97 bits per heavy atom. The standard InChI is InChI=1S/C25H28FN5O2/c1-17(18-9-11-20(26)12-10-18)28-24(32)19-6-5-15-31(16-19)25-27-14-13-23(30-25)29-21-7-3-4-8-22(21)33-2/h3-4,7-14,17,19H,5-6,15-16H2,1-2H3,(H,28,32)(H,27,29,30). The van der Waals surface area contributed by atoms with E-state index < -0.39 is 0 Å². The minimum absolute atomic E-state index is 0.0140. The van der Waals surface area contributed by atoms with E-state index in [1.54, 1.807) is 31.5 Å². The van der Waals surface area contributed by atoms with Gasteiger partial charge in [0.05, 0.1) is 24.8 Å². The number of rotatable bonds is 7. The topological polar surface area (TPSA) is 79.4 Å². The zero-order chi connectivity index (χ0) is 23.2. The molecule has 0 aliphatic carbocycles. The fourth-order valence-electron chi connectivity index (χ4n) is 4.00. The number of benzene rings is 2. The average Bonchev–Trinajstić information content (AvgIpc) is 2.85. The average molecular weight is 450 g/mol. The summed E-state index contributed by atoms with van der Waals surface area (Å²) in [6, 6.07) is 15.4. The fourth-order valence-corrected chi connectivity index (χ4v) is 4.00. The van der Waals surface area contributed by atoms with Crippen LogP contribution in [0.4, 0.5) is 21.8 Å². The molecule has 33 heavy (non-hydrogen) atoms. The van der Waals surface area contributed by atoms with E-state index in [-0.39, 0.29) is 23.7 Å². The lowest BCUT2D eigenvalue weighted by Crippen LogP contribution is -2.44. The lowest BCUT2D eigenvalue weighted by molar-refractivity contribution is -0.125. The van der Waals surface area contributed by atoms with Crippen LogP contribution in [0.15, 0.2) is 60.8 Å². The third-order valence-electron chi connectivity index (χ3n) is 5.82. The number of methoxy groups -OCH3 is 1. The van der Waals surface area contributed by atoms with E-state index in [2.05, 4.69) is 20.6 Å². The molecule has 1 aromatic heterocycles. The first-order valence-corrected chi connectivity index (χ1v) is 11.1. The minimum Gasteiger partial charge on any atom is -0.495 e. The van der Waals surface area contributed by atoms with Crippen LogP contribution in [0.2, 0.25) is 0 Å². The third kappa shape index (κ3) is 5.58. The number of aromatic nitrogens is 2. The Hall–Kier alpha value is -3.68. The van der Waals surface area contributed by atoms with Gasteiger partial charge in [-0.05, 0) is 55.7 Å². The van der Waals surface area contributed by atoms with Crippen LogP contribution in [-0.4, -0.2) is 36.1 Å². The van der Waals surface area contributed by atoms with Gasteiger partial charge in [0, 0.05) is 19.3 Å². The highest BCUT2D eigenvalue weighted by Gasteiger charge is 2.28. The number of halogens is 1. The van der Waals surface area contributed by atoms with Crippen molar-refractivity contribution in [1.29, 1.82) is 0 Å². The van der Waals surface area contributed by atoms with Crippen LogP contribution in [0.3, 0.4) is 0 Å². The van der Waals surface area contributed by atoms with Crippen molar-refractivity contribution in [2.75, 3.05) is 30.4 Å². The van der Waals surface area contributed by atoms with Crippen LogP contribution in [-0.2, 0) is 4.79 Å². The molecule has 0 radical (unpaired) electrons. The van der Waals surface area contributed by atoms with E-state index >= 15 is 0 Å². The van der Waals surface area contributed by atoms with E-state index in [0.717, 1.165) is 36.4 Å². The summed E-state index contributed by atoms with van der Waals surface area (Å²) >= 11 is 0. The zero-order valence-corrected chi connectivity index (χ0v) is 18.8. The van der Waals surface area contributed by atoms with Gasteiger partial charge in [0.15, 0.2) is 0 Å². The van der Waals surface area contributed by atoms with Crippen molar-refractivity contribution < 1.29 is 13.9 Å². The summed E-state index contributed by atoms with van der Waals surface area (Å²) in [5, 5.41) is 6.34. The van der Waals surface area contributed by atoms with Crippen LogP contribution in [0.1, 0.15) is 31.4 Å². The van der Waals surface area contributed by atoms with Crippen molar-refractivity contribution in [3.05, 3.63) is 72.2 Å². The Labute approximate surface area is 193 Å². The highest BCUT2D eigenvalue weighted by Crippen LogP contribution is 2.27. The Balaban J connectivity index is 1.41. The van der Waals surface area contributed by atoms with Crippen molar-refractivity contribution in [2.24, 2.45) is 5.92 Å². The second kappa shape index (κ2) is 10.3. The van der Waals surface area contributed by atoms with E-state index in [4.69, 9.17) is 4.74 Å². The Morgan fingerprint density at radius 3 is 2.76 bits per heavy atom. The Kier molecular flexibility index (Phi) is 7.02. The molecule has 1 amide bonds. The molecule has 0 saturated carbocycles. The molecule has 4 rings (SSSR count). The molecule has 8 heteroatoms. The maximum absolute atomic E-state index is 13.2. The maximum Gasteiger partial charge on any atom is 0.227 e. The molecule has 2 atom stereocenters. The van der Waals surface area contributed by atoms with Gasteiger partial charge < -0.3 is 20.3 Å². The Bertz CT molecular complexity index is 1090. The van der Waals surface area contributed by atoms with Crippen LogP contribution in [0.5, 0.6) is 5.75 Å². The summed E-state index contributed by atoms with van der Waals surface area (Å²) in [5.41, 5.74) is 1.69. The molecule has 0 spiro atoms. The van der Waals surface area contributed by atoms with E-state index in [0.29, 0.717) is 18.3 Å². The molecule has 1 fully saturated rings. The number of nitrogens with one attached hydrogen (secondary N) is 2. The molecule has 2 aromatic carbocycles. The number of para-hydroxylation sites is 2. The molecular weight excluding hydrogens is 421 g/mol. The lowest BCUT2D eigenvalue weighted by atomic mass is 9.96. The molecule has 7 nitrogen and oxygen atoms in total. The minimum atomic E-state index is -0.289. The fraction of sp³-hybridized carbons (Fsp3) is 0.320. The molecule has 2 heterocycles. The predicted molar refractivity (Wildman–Crippen MR) is 126 cm³/mol. The van der Waals surface area contributed by atoms with Gasteiger partial charge in [0.1, 0.15) is 17.4 Å². The van der Waals surface area contributed by atoms with Gasteiger partial charge in [0.25, 0.3) is 0 Å². The van der Waals surface area contributed by atoms with Crippen LogP contribution >= 0.6 is 0 Å². The number of hydrogen-bond donors (Lipinski definition) is 2. The largest absolute Gasteiger partial charge is 0.495 e. The van der Waals surface area contributed by atoms with Crippen molar-refractivity contribution in [3.8, 4) is 5.75 Å². The smallest absolute Gasteiger partial charge is 0.227 e. The van der Waals surface area contributed by atoms with Gasteiger partial charge >= 0.3 is 0 Å². The van der Waals surface area contributed by atoms with Crippen molar-refractivity contribution >= 4 is 23.4 Å². The molecule has 0 bridgehead atoms. The number of nitrogens with zero attached hydrogens (tertiary/aromatic N) is 3. The van der Waals surface area contributed by atoms with Gasteiger partial charge in [0.2, 0.25) is 11.9 Å². The number of anilines is 3. The van der Waals surface area contributed by atoms with E-state index in [9.17, 15) is 9.18 Å². The summed E-state index contributed by atoms with van der Waals surface area (Å²) in [6.07, 6.45) is 3.38. The molecule has 1 aliphatic rings. The second-order valence-corrected chi connectivity index (χ2v) is 8.13. The number of hydrogen-bond acceptors (Lipinski definition) is 6. The first kappa shape index (κ1) is 22.5. The number of carbonyl (C=O) groups excluding carboxylic acids is 1. The molecule has 2 unspecified atom stereocenters. The van der Waals surface area contributed by atoms with E-state index in [1.165, 1.54) is 12.1 Å². The molecule has 172 valence electrons. The number of amides is 1. The monoisotopic (exact) mass is 449 g/mol. The summed E-state index contributed by atoms with van der Waals surface area (Å²) in [7, 11) is 1.63. The maximum atomic E-state index is 13.2. The molecule has 1 aliphatic heterocycles. The summed E-state index contributed by atoms with van der Waals surface area (Å²) in [4.78, 5) is 24.1. The van der Waals surface area contributed by atoms with Crippen molar-refractivity contribution in [1.82, 2.24) is 15.3 Å². The van der Waals surface area contributed by atoms with Gasteiger partial charge in [-0.2, -0.15) is 4.98 Å². The Morgan fingerprint density at radius 1 is 1.18 bits per heavy atom. The van der Waals surface area contributed by atoms with Crippen molar-refractivity contribution in [2.45, 2.75) is 25.8 Å². The normalized spacial score (nSPS) is 16.7. The van der Waals surface area contributed by atoms with Crippen molar-refractivity contribution in [3.63, 3.8) is 0 Å². The number of piperidine rings is 1. The summed E-state index contributed by atoms with van der Waals surface area (Å²) in [5.74, 6) is 1.49. The second-order valence-electron chi connectivity index (χ2n) is 8.13. The third-order valence-corrected chi connectivity index (χ3v) is 5.82. The SMILES string of the molecule is COc1ccccc1Nc1ccnc(N2CCCC(C(=O)NC(C)c3ccc(F)cc3)C2)n1.